The lowest BCUT2D eigenvalue weighted by atomic mass is 10.0. The molecule has 0 unspecified atom stereocenters. The molecule has 0 aliphatic heterocycles. The summed E-state index contributed by atoms with van der Waals surface area (Å²) in [7, 11) is 1.41. The number of aromatic hydroxyl groups is 1. The van der Waals surface area contributed by atoms with Gasteiger partial charge in [0.05, 0.1) is 18.8 Å². The largest absolute Gasteiger partial charge is 0.503 e. The molecule has 0 saturated carbocycles. The molecular weight excluding hydrogens is 256 g/mol. The highest BCUT2D eigenvalue weighted by Crippen LogP contribution is 2.36. The lowest BCUT2D eigenvalue weighted by molar-refractivity contribution is 0.372. The lowest BCUT2D eigenvalue weighted by Gasteiger charge is -2.13. The molecule has 92 valence electrons. The van der Waals surface area contributed by atoms with Crippen LogP contribution in [0.4, 0.5) is 4.39 Å². The van der Waals surface area contributed by atoms with Crippen LogP contribution in [0.2, 0.25) is 5.02 Å². The van der Waals surface area contributed by atoms with E-state index in [0.717, 1.165) is 0 Å². The average Bonchev–Trinajstić information content (AvgIpc) is 2.22. The Balaban J connectivity index is 0.00000225. The molecule has 6 heteroatoms. The first-order chi connectivity index (χ1) is 7.10. The van der Waals surface area contributed by atoms with Gasteiger partial charge in [-0.2, -0.15) is 0 Å². The number of benzene rings is 1. The highest BCUT2D eigenvalue weighted by atomic mass is 35.5. The van der Waals surface area contributed by atoms with Crippen molar-refractivity contribution in [2.24, 2.45) is 5.73 Å². The third-order valence-corrected chi connectivity index (χ3v) is 2.41. The number of ether oxygens (including phenoxy) is 1. The van der Waals surface area contributed by atoms with Crippen molar-refractivity contribution in [3.8, 4) is 11.5 Å². The zero-order valence-corrected chi connectivity index (χ0v) is 10.3. The summed E-state index contributed by atoms with van der Waals surface area (Å²) in [5.74, 6) is 0.113. The molecule has 0 radical (unpaired) electrons. The fourth-order valence-corrected chi connectivity index (χ4v) is 1.47. The van der Waals surface area contributed by atoms with Crippen LogP contribution in [0.15, 0.2) is 12.1 Å². The van der Waals surface area contributed by atoms with E-state index >= 15 is 0 Å². The highest BCUT2D eigenvalue weighted by molar-refractivity contribution is 6.32. The molecular formula is C10H14Cl2FNO2. The van der Waals surface area contributed by atoms with E-state index in [-0.39, 0.29) is 35.3 Å². The van der Waals surface area contributed by atoms with Gasteiger partial charge in [-0.25, -0.2) is 0 Å². The van der Waals surface area contributed by atoms with Crippen molar-refractivity contribution < 1.29 is 14.2 Å². The van der Waals surface area contributed by atoms with Crippen molar-refractivity contribution in [1.82, 2.24) is 0 Å². The van der Waals surface area contributed by atoms with Gasteiger partial charge >= 0.3 is 0 Å². The van der Waals surface area contributed by atoms with Crippen LogP contribution >= 0.6 is 24.0 Å². The van der Waals surface area contributed by atoms with E-state index in [9.17, 15) is 9.50 Å². The van der Waals surface area contributed by atoms with E-state index in [4.69, 9.17) is 22.1 Å². The lowest BCUT2D eigenvalue weighted by Crippen LogP contribution is -2.11. The Morgan fingerprint density at radius 2 is 2.19 bits per heavy atom. The van der Waals surface area contributed by atoms with E-state index in [1.165, 1.54) is 13.2 Å². The van der Waals surface area contributed by atoms with Crippen LogP contribution in [0, 0.1) is 0 Å². The van der Waals surface area contributed by atoms with Gasteiger partial charge < -0.3 is 15.6 Å². The Hall–Kier alpha value is -0.710. The summed E-state index contributed by atoms with van der Waals surface area (Å²) >= 11 is 5.76. The SMILES string of the molecule is COc1cc([C@H](N)CCF)cc(Cl)c1O.Cl. The molecule has 0 saturated heterocycles. The first-order valence-corrected chi connectivity index (χ1v) is 4.86. The standard InChI is InChI=1S/C10H13ClFNO2.ClH/c1-15-9-5-6(8(13)2-3-12)4-7(11)10(9)14;/h4-5,8,14H,2-3,13H2,1H3;1H/t8-;/m1./s1. The van der Waals surface area contributed by atoms with Crippen LogP contribution in [0.3, 0.4) is 0 Å². The number of phenolic OH excluding ortho intramolecular Hbond substituents is 1. The van der Waals surface area contributed by atoms with E-state index in [2.05, 4.69) is 0 Å². The summed E-state index contributed by atoms with van der Waals surface area (Å²) < 4.78 is 17.0. The molecule has 1 aromatic rings. The Kier molecular flexibility index (Phi) is 6.48. The van der Waals surface area contributed by atoms with Gasteiger partial charge in [0.25, 0.3) is 0 Å². The molecule has 3 nitrogen and oxygen atoms in total. The summed E-state index contributed by atoms with van der Waals surface area (Å²) in [6.07, 6.45) is 0.213. The van der Waals surface area contributed by atoms with Crippen molar-refractivity contribution >= 4 is 24.0 Å². The van der Waals surface area contributed by atoms with Crippen LogP contribution in [-0.2, 0) is 0 Å². The van der Waals surface area contributed by atoms with Crippen molar-refractivity contribution in [2.75, 3.05) is 13.8 Å². The van der Waals surface area contributed by atoms with Gasteiger partial charge in [0, 0.05) is 6.04 Å². The number of rotatable bonds is 4. The number of hydrogen-bond donors (Lipinski definition) is 2. The second-order valence-corrected chi connectivity index (χ2v) is 3.54. The molecule has 0 bridgehead atoms. The van der Waals surface area contributed by atoms with Crippen molar-refractivity contribution in [3.05, 3.63) is 22.7 Å². The third-order valence-electron chi connectivity index (χ3n) is 2.12. The molecule has 0 spiro atoms. The van der Waals surface area contributed by atoms with Gasteiger partial charge in [-0.15, -0.1) is 12.4 Å². The molecule has 3 N–H and O–H groups in total. The van der Waals surface area contributed by atoms with E-state index < -0.39 is 12.7 Å². The Morgan fingerprint density at radius 1 is 1.56 bits per heavy atom. The van der Waals surface area contributed by atoms with Gasteiger partial charge in [-0.3, -0.25) is 4.39 Å². The smallest absolute Gasteiger partial charge is 0.176 e. The third kappa shape index (κ3) is 3.40. The zero-order valence-electron chi connectivity index (χ0n) is 8.74. The summed E-state index contributed by atoms with van der Waals surface area (Å²) in [5.41, 5.74) is 6.36. The van der Waals surface area contributed by atoms with Crippen molar-refractivity contribution in [2.45, 2.75) is 12.5 Å². The quantitative estimate of drug-likeness (QED) is 0.884. The molecule has 0 heterocycles. The molecule has 0 amide bonds. The number of halogens is 3. The Bertz CT molecular complexity index is 350. The molecule has 0 aromatic heterocycles. The van der Waals surface area contributed by atoms with Crippen LogP contribution in [0.5, 0.6) is 11.5 Å². The van der Waals surface area contributed by atoms with Gasteiger partial charge in [-0.05, 0) is 24.1 Å². The summed E-state index contributed by atoms with van der Waals surface area (Å²) in [5, 5.41) is 9.61. The summed E-state index contributed by atoms with van der Waals surface area (Å²) in [4.78, 5) is 0. The van der Waals surface area contributed by atoms with Crippen LogP contribution in [-0.4, -0.2) is 18.9 Å². The van der Waals surface area contributed by atoms with E-state index in [1.54, 1.807) is 6.07 Å². The molecule has 1 atom stereocenters. The van der Waals surface area contributed by atoms with Gasteiger partial charge in [0.1, 0.15) is 0 Å². The Morgan fingerprint density at radius 3 is 2.69 bits per heavy atom. The topological polar surface area (TPSA) is 55.5 Å². The van der Waals surface area contributed by atoms with E-state index in [0.29, 0.717) is 5.56 Å². The zero-order chi connectivity index (χ0) is 11.4. The maximum atomic E-state index is 12.1. The average molecular weight is 270 g/mol. The first kappa shape index (κ1) is 15.3. The maximum Gasteiger partial charge on any atom is 0.176 e. The highest BCUT2D eigenvalue weighted by Gasteiger charge is 2.13. The predicted molar refractivity (Wildman–Crippen MR) is 64.4 cm³/mol. The molecule has 0 aliphatic carbocycles. The van der Waals surface area contributed by atoms with Crippen LogP contribution in [0.1, 0.15) is 18.0 Å². The number of nitrogens with two attached hydrogens (primary N) is 1. The normalized spacial score (nSPS) is 11.8. The molecule has 0 fully saturated rings. The number of methoxy groups -OCH3 is 1. The molecule has 1 rings (SSSR count). The van der Waals surface area contributed by atoms with E-state index in [1.807, 2.05) is 0 Å². The summed E-state index contributed by atoms with van der Waals surface area (Å²) in [6.45, 7) is -0.498. The van der Waals surface area contributed by atoms with Gasteiger partial charge in [-0.1, -0.05) is 11.6 Å². The van der Waals surface area contributed by atoms with Crippen LogP contribution in [0.25, 0.3) is 0 Å². The van der Waals surface area contributed by atoms with Crippen LogP contribution < -0.4 is 10.5 Å². The Labute approximate surface area is 105 Å². The summed E-state index contributed by atoms with van der Waals surface area (Å²) in [6, 6.07) is 2.63. The number of hydrogen-bond acceptors (Lipinski definition) is 3. The fraction of sp³-hybridized carbons (Fsp3) is 0.400. The monoisotopic (exact) mass is 269 g/mol. The van der Waals surface area contributed by atoms with Crippen molar-refractivity contribution in [1.29, 1.82) is 0 Å². The first-order valence-electron chi connectivity index (χ1n) is 4.48. The molecule has 1 aromatic carbocycles. The van der Waals surface area contributed by atoms with Crippen molar-refractivity contribution in [3.63, 3.8) is 0 Å². The second-order valence-electron chi connectivity index (χ2n) is 3.14. The van der Waals surface area contributed by atoms with Gasteiger partial charge in [0.2, 0.25) is 0 Å². The molecule has 16 heavy (non-hydrogen) atoms. The van der Waals surface area contributed by atoms with Gasteiger partial charge in [0.15, 0.2) is 11.5 Å². The predicted octanol–water partition coefficient (Wildman–Crippen LogP) is 2.84. The molecule has 0 aliphatic rings. The minimum Gasteiger partial charge on any atom is -0.503 e. The fourth-order valence-electron chi connectivity index (χ4n) is 1.25. The number of alkyl halides is 1. The minimum absolute atomic E-state index is 0. The maximum absolute atomic E-state index is 12.1. The number of phenols is 1. The second kappa shape index (κ2) is 6.78. The minimum atomic E-state index is -0.498.